The SMILES string of the molecule is COc1cc(NC(=O)OC(C)C)cnc1-c1ncc(-c2ccc(NC(=O)O)cc2S(=O)(=O)NC(C)(C)C)s1. The highest BCUT2D eigenvalue weighted by Gasteiger charge is 2.27. The predicted octanol–water partition coefficient (Wildman–Crippen LogP) is 5.00. The molecule has 0 unspecified atom stereocenters. The number of hydrogen-bond donors (Lipinski definition) is 4. The highest BCUT2D eigenvalue weighted by atomic mass is 32.2. The first-order valence-electron chi connectivity index (χ1n) is 11.3. The molecule has 0 atom stereocenters. The molecule has 0 spiro atoms. The molecule has 3 rings (SSSR count). The zero-order valence-electron chi connectivity index (χ0n) is 21.6. The van der Waals surface area contributed by atoms with Crippen LogP contribution in [0.2, 0.25) is 0 Å². The highest BCUT2D eigenvalue weighted by Crippen LogP contribution is 2.39. The van der Waals surface area contributed by atoms with Crippen LogP contribution in [0.3, 0.4) is 0 Å². The van der Waals surface area contributed by atoms with Crippen LogP contribution >= 0.6 is 11.3 Å². The second-order valence-electron chi connectivity index (χ2n) is 9.38. The van der Waals surface area contributed by atoms with Crippen molar-refractivity contribution in [2.24, 2.45) is 0 Å². The molecule has 0 fully saturated rings. The summed E-state index contributed by atoms with van der Waals surface area (Å²) >= 11 is 1.17. The van der Waals surface area contributed by atoms with Crippen LogP contribution < -0.4 is 20.1 Å². The van der Waals surface area contributed by atoms with Crippen LogP contribution in [-0.2, 0) is 14.8 Å². The largest absolute Gasteiger partial charge is 0.494 e. The number of nitrogens with zero attached hydrogens (tertiary/aromatic N) is 2. The zero-order valence-corrected chi connectivity index (χ0v) is 23.3. The van der Waals surface area contributed by atoms with E-state index in [-0.39, 0.29) is 16.7 Å². The van der Waals surface area contributed by atoms with Gasteiger partial charge < -0.3 is 14.6 Å². The third-order valence-corrected chi connectivity index (χ3v) is 7.43. The number of methoxy groups -OCH3 is 1. The van der Waals surface area contributed by atoms with Crippen LogP contribution in [0.1, 0.15) is 34.6 Å². The number of thiazole rings is 1. The van der Waals surface area contributed by atoms with Gasteiger partial charge in [0.25, 0.3) is 0 Å². The van der Waals surface area contributed by atoms with Gasteiger partial charge in [-0.25, -0.2) is 32.7 Å². The number of aromatic nitrogens is 2. The number of nitrogens with one attached hydrogen (secondary N) is 3. The second-order valence-corrected chi connectivity index (χ2v) is 12.1. The smallest absolute Gasteiger partial charge is 0.411 e. The second kappa shape index (κ2) is 11.3. The fourth-order valence-electron chi connectivity index (χ4n) is 3.31. The van der Waals surface area contributed by atoms with Crippen molar-refractivity contribution >= 4 is 44.9 Å². The first-order chi connectivity index (χ1) is 17.7. The van der Waals surface area contributed by atoms with Crippen molar-refractivity contribution in [1.29, 1.82) is 0 Å². The molecule has 0 saturated heterocycles. The number of sulfonamides is 1. The lowest BCUT2D eigenvalue weighted by Crippen LogP contribution is -2.40. The molecule has 204 valence electrons. The van der Waals surface area contributed by atoms with Crippen LogP contribution in [-0.4, -0.2) is 54.4 Å². The van der Waals surface area contributed by atoms with E-state index in [0.717, 1.165) is 0 Å². The van der Waals surface area contributed by atoms with Crippen LogP contribution in [0.15, 0.2) is 41.6 Å². The molecule has 2 amide bonds. The molecule has 0 aliphatic rings. The maximum absolute atomic E-state index is 13.3. The van der Waals surface area contributed by atoms with Gasteiger partial charge in [0.05, 0.1) is 34.9 Å². The lowest BCUT2D eigenvalue weighted by atomic mass is 10.1. The molecule has 12 nitrogen and oxygen atoms in total. The molecule has 0 radical (unpaired) electrons. The van der Waals surface area contributed by atoms with Gasteiger partial charge >= 0.3 is 12.2 Å². The summed E-state index contributed by atoms with van der Waals surface area (Å²) in [6.45, 7) is 8.56. The fourth-order valence-corrected chi connectivity index (χ4v) is 5.99. The van der Waals surface area contributed by atoms with E-state index in [1.807, 2.05) is 0 Å². The van der Waals surface area contributed by atoms with Crippen molar-refractivity contribution in [2.45, 2.75) is 51.2 Å². The molecule has 4 N–H and O–H groups in total. The van der Waals surface area contributed by atoms with E-state index in [0.29, 0.717) is 32.6 Å². The zero-order chi connectivity index (χ0) is 28.3. The summed E-state index contributed by atoms with van der Waals surface area (Å²) in [5.41, 5.74) is 0.391. The highest BCUT2D eigenvalue weighted by molar-refractivity contribution is 7.89. The maximum Gasteiger partial charge on any atom is 0.411 e. The molecule has 0 aliphatic carbocycles. The van der Waals surface area contributed by atoms with E-state index >= 15 is 0 Å². The molecule has 38 heavy (non-hydrogen) atoms. The number of carboxylic acid groups (broad SMARTS) is 1. The molecule has 2 aromatic heterocycles. The quantitative estimate of drug-likeness (QED) is 0.294. The standard InChI is InChI=1S/C24H29N5O7S2/c1-13(2)36-23(32)28-15-9-17(35-6)20(25-11-15)21-26-12-18(37-21)16-8-7-14(27-22(30)31)10-19(16)38(33,34)29-24(3,4)5/h7-13,27,29H,1-6H3,(H,28,32)(H,30,31). The Bertz CT molecular complexity index is 1450. The van der Waals surface area contributed by atoms with Gasteiger partial charge in [-0.1, -0.05) is 6.07 Å². The van der Waals surface area contributed by atoms with Gasteiger partial charge in [0.1, 0.15) is 16.5 Å². The van der Waals surface area contributed by atoms with Gasteiger partial charge in [0.2, 0.25) is 10.0 Å². The average molecular weight is 564 g/mol. The molecular formula is C24H29N5O7S2. The molecule has 0 aliphatic heterocycles. The van der Waals surface area contributed by atoms with Crippen molar-refractivity contribution in [1.82, 2.24) is 14.7 Å². The fraction of sp³-hybridized carbons (Fsp3) is 0.333. The van der Waals surface area contributed by atoms with Gasteiger partial charge in [0.15, 0.2) is 0 Å². The molecule has 0 saturated carbocycles. The minimum absolute atomic E-state index is 0.0997. The number of carbonyl (C=O) groups is 2. The lowest BCUT2D eigenvalue weighted by Gasteiger charge is -2.21. The number of hydrogen-bond acceptors (Lipinski definition) is 9. The molecule has 1 aromatic carbocycles. The average Bonchev–Trinajstić information content (AvgIpc) is 3.26. The van der Waals surface area contributed by atoms with Crippen LogP contribution in [0.4, 0.5) is 21.0 Å². The van der Waals surface area contributed by atoms with Crippen molar-refractivity contribution in [3.63, 3.8) is 0 Å². The Morgan fingerprint density at radius 2 is 1.76 bits per heavy atom. The number of ether oxygens (including phenoxy) is 2. The van der Waals surface area contributed by atoms with E-state index in [1.165, 1.54) is 49.0 Å². The Balaban J connectivity index is 2.02. The molecule has 3 aromatic rings. The topological polar surface area (TPSA) is 169 Å². The summed E-state index contributed by atoms with van der Waals surface area (Å²) in [5, 5.41) is 14.3. The van der Waals surface area contributed by atoms with Crippen molar-refractivity contribution in [3.8, 4) is 26.9 Å². The normalized spacial score (nSPS) is 11.8. The van der Waals surface area contributed by atoms with E-state index < -0.39 is 27.7 Å². The van der Waals surface area contributed by atoms with E-state index in [1.54, 1.807) is 40.7 Å². The first-order valence-corrected chi connectivity index (χ1v) is 13.6. The van der Waals surface area contributed by atoms with Gasteiger partial charge in [-0.2, -0.15) is 0 Å². The molecule has 0 bridgehead atoms. The summed E-state index contributed by atoms with van der Waals surface area (Å²) < 4.78 is 39.7. The third kappa shape index (κ3) is 7.40. The Kier molecular flexibility index (Phi) is 8.59. The minimum atomic E-state index is -4.05. The number of anilines is 2. The minimum Gasteiger partial charge on any atom is -0.494 e. The maximum atomic E-state index is 13.3. The number of rotatable bonds is 8. The summed E-state index contributed by atoms with van der Waals surface area (Å²) in [6, 6.07) is 5.80. The Morgan fingerprint density at radius 1 is 1.05 bits per heavy atom. The summed E-state index contributed by atoms with van der Waals surface area (Å²) in [7, 11) is -2.60. The van der Waals surface area contributed by atoms with E-state index in [2.05, 4.69) is 25.3 Å². The molecule has 14 heteroatoms. The summed E-state index contributed by atoms with van der Waals surface area (Å²) in [4.78, 5) is 32.2. The third-order valence-electron chi connectivity index (χ3n) is 4.60. The van der Waals surface area contributed by atoms with Crippen LogP contribution in [0.5, 0.6) is 5.75 Å². The number of pyridine rings is 1. The molecule has 2 heterocycles. The van der Waals surface area contributed by atoms with E-state index in [9.17, 15) is 18.0 Å². The Morgan fingerprint density at radius 3 is 2.37 bits per heavy atom. The van der Waals surface area contributed by atoms with Gasteiger partial charge in [-0.05, 0) is 46.8 Å². The summed E-state index contributed by atoms with van der Waals surface area (Å²) in [6.07, 6.45) is 0.684. The van der Waals surface area contributed by atoms with Crippen molar-refractivity contribution < 1.29 is 32.6 Å². The predicted molar refractivity (Wildman–Crippen MR) is 144 cm³/mol. The number of carbonyl (C=O) groups excluding carboxylic acids is 1. The molecular weight excluding hydrogens is 534 g/mol. The van der Waals surface area contributed by atoms with Crippen molar-refractivity contribution in [2.75, 3.05) is 17.7 Å². The number of amides is 2. The van der Waals surface area contributed by atoms with E-state index in [4.69, 9.17) is 14.6 Å². The van der Waals surface area contributed by atoms with Crippen LogP contribution in [0, 0.1) is 0 Å². The first kappa shape index (κ1) is 28.8. The number of benzene rings is 1. The Labute approximate surface area is 224 Å². The van der Waals surface area contributed by atoms with Crippen LogP contribution in [0.25, 0.3) is 21.1 Å². The van der Waals surface area contributed by atoms with Gasteiger partial charge in [0, 0.05) is 29.1 Å². The Hall–Kier alpha value is -3.75. The lowest BCUT2D eigenvalue weighted by molar-refractivity contribution is 0.130. The van der Waals surface area contributed by atoms with Gasteiger partial charge in [-0.3, -0.25) is 10.6 Å². The summed E-state index contributed by atoms with van der Waals surface area (Å²) in [5.74, 6) is 0.330. The van der Waals surface area contributed by atoms with Gasteiger partial charge in [-0.15, -0.1) is 11.3 Å². The monoisotopic (exact) mass is 563 g/mol. The van der Waals surface area contributed by atoms with Crippen molar-refractivity contribution in [3.05, 3.63) is 36.7 Å².